The number of sulfonamides is 1. The summed E-state index contributed by atoms with van der Waals surface area (Å²) < 4.78 is 24.8. The van der Waals surface area contributed by atoms with Gasteiger partial charge < -0.3 is 5.11 Å². The molecule has 8 heteroatoms. The summed E-state index contributed by atoms with van der Waals surface area (Å²) in [6.07, 6.45) is 3.55. The van der Waals surface area contributed by atoms with Gasteiger partial charge in [-0.05, 0) is 43.9 Å². The number of hydrogen-bond donors (Lipinski definition) is 1. The zero-order valence-electron chi connectivity index (χ0n) is 15.4. The molecular weight excluding hydrogens is 366 g/mol. The molecule has 144 valence electrons. The van der Waals surface area contributed by atoms with Crippen molar-refractivity contribution < 1.29 is 18.3 Å². The lowest BCUT2D eigenvalue weighted by atomic mass is 9.94. The number of piperidine rings is 1. The molecule has 0 radical (unpaired) electrons. The molecule has 1 aliphatic heterocycles. The lowest BCUT2D eigenvalue weighted by molar-refractivity contribution is 0.0697. The van der Waals surface area contributed by atoms with Crippen molar-refractivity contribution in [2.75, 3.05) is 19.3 Å². The SMILES string of the molecule is Cc1cc(-c2ccc(C(=O)O)cc2)nc(CC2CCN(S(C)(=O)=O)CC2)n1. The monoisotopic (exact) mass is 389 g/mol. The van der Waals surface area contributed by atoms with E-state index in [4.69, 9.17) is 5.11 Å². The molecule has 7 nitrogen and oxygen atoms in total. The number of carbonyl (C=O) groups is 1. The van der Waals surface area contributed by atoms with Gasteiger partial charge in [-0.15, -0.1) is 0 Å². The molecule has 0 saturated carbocycles. The van der Waals surface area contributed by atoms with Gasteiger partial charge in [-0.1, -0.05) is 12.1 Å². The molecule has 0 bridgehead atoms. The first kappa shape index (κ1) is 19.4. The number of carboxylic acid groups (broad SMARTS) is 1. The van der Waals surface area contributed by atoms with E-state index in [9.17, 15) is 13.2 Å². The van der Waals surface area contributed by atoms with Gasteiger partial charge in [0.05, 0.1) is 17.5 Å². The number of carboxylic acids is 1. The van der Waals surface area contributed by atoms with Gasteiger partial charge in [0.1, 0.15) is 5.82 Å². The largest absolute Gasteiger partial charge is 0.478 e. The van der Waals surface area contributed by atoms with Crippen molar-refractivity contribution >= 4 is 16.0 Å². The van der Waals surface area contributed by atoms with Crippen LogP contribution in [0.5, 0.6) is 0 Å². The average Bonchev–Trinajstić information content (AvgIpc) is 2.61. The molecule has 1 fully saturated rings. The standard InChI is InChI=1S/C19H23N3O4S/c1-13-11-17(15-3-5-16(6-4-15)19(23)24)21-18(20-13)12-14-7-9-22(10-8-14)27(2,25)26/h3-6,11,14H,7-10,12H2,1-2H3,(H,23,24). The summed E-state index contributed by atoms with van der Waals surface area (Å²) in [7, 11) is -3.12. The summed E-state index contributed by atoms with van der Waals surface area (Å²) in [5, 5.41) is 9.02. The van der Waals surface area contributed by atoms with Crippen molar-refractivity contribution in [1.29, 1.82) is 0 Å². The zero-order chi connectivity index (χ0) is 19.6. The molecule has 2 aromatic rings. The van der Waals surface area contributed by atoms with E-state index in [-0.39, 0.29) is 5.56 Å². The minimum Gasteiger partial charge on any atom is -0.478 e. The third kappa shape index (κ3) is 4.90. The van der Waals surface area contributed by atoms with E-state index in [0.29, 0.717) is 25.4 Å². The molecule has 1 aromatic heterocycles. The highest BCUT2D eigenvalue weighted by Gasteiger charge is 2.25. The smallest absolute Gasteiger partial charge is 0.335 e. The fourth-order valence-electron chi connectivity index (χ4n) is 3.36. The second-order valence-electron chi connectivity index (χ2n) is 7.00. The predicted molar refractivity (Wildman–Crippen MR) is 102 cm³/mol. The molecule has 1 aromatic carbocycles. The molecular formula is C19H23N3O4S. The normalized spacial score (nSPS) is 16.4. The summed E-state index contributed by atoms with van der Waals surface area (Å²) in [6.45, 7) is 2.99. The van der Waals surface area contributed by atoms with Gasteiger partial charge in [-0.2, -0.15) is 0 Å². The Labute approximate surface area is 159 Å². The van der Waals surface area contributed by atoms with E-state index in [0.717, 1.165) is 35.6 Å². The van der Waals surface area contributed by atoms with Crippen LogP contribution in [0.4, 0.5) is 0 Å². The van der Waals surface area contributed by atoms with Crippen molar-refractivity contribution in [3.8, 4) is 11.3 Å². The second kappa shape index (κ2) is 7.74. The molecule has 0 amide bonds. The van der Waals surface area contributed by atoms with Crippen LogP contribution < -0.4 is 0 Å². The minimum absolute atomic E-state index is 0.238. The highest BCUT2D eigenvalue weighted by molar-refractivity contribution is 7.88. The molecule has 3 rings (SSSR count). The summed E-state index contributed by atoms with van der Waals surface area (Å²) in [6, 6.07) is 8.51. The molecule has 0 unspecified atom stereocenters. The number of aryl methyl sites for hydroxylation is 1. The maximum atomic E-state index is 11.6. The van der Waals surface area contributed by atoms with Gasteiger partial charge in [0.15, 0.2) is 0 Å². The molecule has 27 heavy (non-hydrogen) atoms. The molecule has 1 N–H and O–H groups in total. The van der Waals surface area contributed by atoms with Crippen LogP contribution in [0.1, 0.15) is 34.7 Å². The number of nitrogens with zero attached hydrogens (tertiary/aromatic N) is 3. The van der Waals surface area contributed by atoms with Crippen LogP contribution in [-0.2, 0) is 16.4 Å². The Bertz CT molecular complexity index is 934. The number of rotatable bonds is 5. The third-order valence-corrected chi connectivity index (χ3v) is 6.15. The molecule has 2 heterocycles. The Morgan fingerprint density at radius 2 is 1.81 bits per heavy atom. The van der Waals surface area contributed by atoms with Gasteiger partial charge in [0, 0.05) is 30.8 Å². The third-order valence-electron chi connectivity index (χ3n) is 4.84. The number of benzene rings is 1. The van der Waals surface area contributed by atoms with Crippen LogP contribution in [0.25, 0.3) is 11.3 Å². The molecule has 1 aliphatic rings. The lowest BCUT2D eigenvalue weighted by Crippen LogP contribution is -2.38. The van der Waals surface area contributed by atoms with Crippen LogP contribution in [0.15, 0.2) is 30.3 Å². The Balaban J connectivity index is 1.73. The average molecular weight is 389 g/mol. The van der Waals surface area contributed by atoms with Gasteiger partial charge in [-0.3, -0.25) is 0 Å². The first-order valence-corrected chi connectivity index (χ1v) is 10.7. The van der Waals surface area contributed by atoms with E-state index in [1.165, 1.54) is 10.6 Å². The molecule has 0 spiro atoms. The fraction of sp³-hybridized carbons (Fsp3) is 0.421. The molecule has 1 saturated heterocycles. The van der Waals surface area contributed by atoms with E-state index < -0.39 is 16.0 Å². The van der Waals surface area contributed by atoms with Crippen LogP contribution in [0.3, 0.4) is 0 Å². The summed E-state index contributed by atoms with van der Waals surface area (Å²) in [5.74, 6) is 0.138. The Hall–Kier alpha value is -2.32. The van der Waals surface area contributed by atoms with Crippen molar-refractivity contribution in [3.05, 3.63) is 47.4 Å². The van der Waals surface area contributed by atoms with Gasteiger partial charge in [0.2, 0.25) is 10.0 Å². The molecule has 0 atom stereocenters. The van der Waals surface area contributed by atoms with Crippen molar-refractivity contribution in [3.63, 3.8) is 0 Å². The fourth-order valence-corrected chi connectivity index (χ4v) is 4.23. The van der Waals surface area contributed by atoms with Crippen LogP contribution in [-0.4, -0.2) is 53.1 Å². The van der Waals surface area contributed by atoms with E-state index in [2.05, 4.69) is 9.97 Å². The Morgan fingerprint density at radius 1 is 1.19 bits per heavy atom. The van der Waals surface area contributed by atoms with Crippen LogP contribution in [0.2, 0.25) is 0 Å². The number of aromatic nitrogens is 2. The topological polar surface area (TPSA) is 100 Å². The summed E-state index contributed by atoms with van der Waals surface area (Å²) >= 11 is 0. The minimum atomic E-state index is -3.12. The van der Waals surface area contributed by atoms with E-state index in [1.807, 2.05) is 13.0 Å². The molecule has 0 aliphatic carbocycles. The highest BCUT2D eigenvalue weighted by atomic mass is 32.2. The van der Waals surface area contributed by atoms with E-state index in [1.54, 1.807) is 24.3 Å². The van der Waals surface area contributed by atoms with Gasteiger partial charge in [0.25, 0.3) is 0 Å². The van der Waals surface area contributed by atoms with Crippen LogP contribution >= 0.6 is 0 Å². The first-order valence-electron chi connectivity index (χ1n) is 8.86. The van der Waals surface area contributed by atoms with E-state index >= 15 is 0 Å². The summed E-state index contributed by atoms with van der Waals surface area (Å²) in [5.41, 5.74) is 2.70. The van der Waals surface area contributed by atoms with Crippen molar-refractivity contribution in [1.82, 2.24) is 14.3 Å². The van der Waals surface area contributed by atoms with Crippen LogP contribution in [0, 0.1) is 12.8 Å². The van der Waals surface area contributed by atoms with Gasteiger partial charge in [-0.25, -0.2) is 27.5 Å². The maximum Gasteiger partial charge on any atom is 0.335 e. The first-order chi connectivity index (χ1) is 12.7. The van der Waals surface area contributed by atoms with Crippen molar-refractivity contribution in [2.24, 2.45) is 5.92 Å². The Morgan fingerprint density at radius 3 is 2.37 bits per heavy atom. The van der Waals surface area contributed by atoms with Gasteiger partial charge >= 0.3 is 5.97 Å². The zero-order valence-corrected chi connectivity index (χ0v) is 16.2. The highest BCUT2D eigenvalue weighted by Crippen LogP contribution is 2.24. The Kier molecular flexibility index (Phi) is 5.57. The second-order valence-corrected chi connectivity index (χ2v) is 8.99. The number of aromatic carboxylic acids is 1. The predicted octanol–water partition coefficient (Wildman–Crippen LogP) is 2.36. The maximum absolute atomic E-state index is 11.6. The number of hydrogen-bond acceptors (Lipinski definition) is 5. The summed E-state index contributed by atoms with van der Waals surface area (Å²) in [4.78, 5) is 20.2. The lowest BCUT2D eigenvalue weighted by Gasteiger charge is -2.29. The van der Waals surface area contributed by atoms with Crippen molar-refractivity contribution in [2.45, 2.75) is 26.2 Å². The quantitative estimate of drug-likeness (QED) is 0.843.